The Balaban J connectivity index is 2.13. The highest BCUT2D eigenvalue weighted by atomic mass is 15.2. The smallest absolute Gasteiger partial charge is 0.162 e. The summed E-state index contributed by atoms with van der Waals surface area (Å²) in [6.07, 6.45) is 4.27. The Labute approximate surface area is 118 Å². The summed E-state index contributed by atoms with van der Waals surface area (Å²) in [6.45, 7) is 3.07. The van der Waals surface area contributed by atoms with Crippen LogP contribution in [0.5, 0.6) is 0 Å². The fourth-order valence-corrected chi connectivity index (χ4v) is 2.72. The summed E-state index contributed by atoms with van der Waals surface area (Å²) < 4.78 is 0. The summed E-state index contributed by atoms with van der Waals surface area (Å²) in [6, 6.07) is 8.30. The molecule has 2 heterocycles. The predicted octanol–water partition coefficient (Wildman–Crippen LogP) is 2.09. The number of hydrogen-bond acceptors (Lipinski definition) is 4. The number of amidine groups is 1. The van der Waals surface area contributed by atoms with Crippen LogP contribution in [0.1, 0.15) is 18.2 Å². The molecule has 0 bridgehead atoms. The zero-order valence-electron chi connectivity index (χ0n) is 11.4. The Morgan fingerprint density at radius 3 is 2.85 bits per heavy atom. The standard InChI is InChI=1S/C15H17N5/c1-10-8-11-4-2-3-5-12(11)20(9-10)15-13(14(16)17)18-6-7-19-15/h2-7,10H,8-9H2,1H3,(H3,16,17). The molecule has 0 fully saturated rings. The highest BCUT2D eigenvalue weighted by Crippen LogP contribution is 2.35. The third-order valence-corrected chi connectivity index (χ3v) is 3.53. The maximum Gasteiger partial charge on any atom is 0.162 e. The SMILES string of the molecule is CC1Cc2ccccc2N(c2nccnc2C(=N)N)C1. The van der Waals surface area contributed by atoms with E-state index in [0.717, 1.165) is 18.7 Å². The Morgan fingerprint density at radius 1 is 1.30 bits per heavy atom. The molecule has 3 N–H and O–H groups in total. The summed E-state index contributed by atoms with van der Waals surface area (Å²) in [5.74, 6) is 1.13. The minimum atomic E-state index is -0.0520. The number of hydrogen-bond donors (Lipinski definition) is 2. The van der Waals surface area contributed by atoms with Crippen LogP contribution in [-0.4, -0.2) is 22.3 Å². The Kier molecular flexibility index (Phi) is 3.10. The molecule has 5 heteroatoms. The molecule has 102 valence electrons. The number of benzene rings is 1. The first kappa shape index (κ1) is 12.6. The lowest BCUT2D eigenvalue weighted by atomic mass is 9.94. The van der Waals surface area contributed by atoms with Crippen molar-refractivity contribution in [2.45, 2.75) is 13.3 Å². The van der Waals surface area contributed by atoms with Gasteiger partial charge in [-0.15, -0.1) is 0 Å². The van der Waals surface area contributed by atoms with Crippen LogP contribution in [0.3, 0.4) is 0 Å². The summed E-state index contributed by atoms with van der Waals surface area (Å²) in [7, 11) is 0. The second kappa shape index (κ2) is 4.92. The lowest BCUT2D eigenvalue weighted by Crippen LogP contribution is -2.33. The summed E-state index contributed by atoms with van der Waals surface area (Å²) in [5.41, 5.74) is 8.50. The van der Waals surface area contributed by atoms with Crippen LogP contribution in [0.2, 0.25) is 0 Å². The maximum absolute atomic E-state index is 7.68. The number of nitrogen functional groups attached to an aromatic ring is 1. The molecule has 20 heavy (non-hydrogen) atoms. The van der Waals surface area contributed by atoms with Crippen molar-refractivity contribution < 1.29 is 0 Å². The van der Waals surface area contributed by atoms with Crippen molar-refractivity contribution in [2.75, 3.05) is 11.4 Å². The first-order chi connectivity index (χ1) is 9.66. The Bertz CT molecular complexity index is 652. The Morgan fingerprint density at radius 2 is 2.05 bits per heavy atom. The van der Waals surface area contributed by atoms with Gasteiger partial charge in [-0.3, -0.25) is 5.41 Å². The van der Waals surface area contributed by atoms with E-state index < -0.39 is 0 Å². The fourth-order valence-electron chi connectivity index (χ4n) is 2.72. The molecule has 0 saturated carbocycles. The van der Waals surface area contributed by atoms with Gasteiger partial charge < -0.3 is 10.6 Å². The van der Waals surface area contributed by atoms with Crippen LogP contribution in [-0.2, 0) is 6.42 Å². The van der Waals surface area contributed by atoms with Gasteiger partial charge in [-0.05, 0) is 24.0 Å². The van der Waals surface area contributed by atoms with E-state index in [2.05, 4.69) is 40.0 Å². The van der Waals surface area contributed by atoms with Crippen molar-refractivity contribution in [1.82, 2.24) is 9.97 Å². The van der Waals surface area contributed by atoms with E-state index in [4.69, 9.17) is 11.1 Å². The third-order valence-electron chi connectivity index (χ3n) is 3.53. The van der Waals surface area contributed by atoms with Crippen molar-refractivity contribution in [2.24, 2.45) is 11.7 Å². The molecule has 2 aromatic rings. The van der Waals surface area contributed by atoms with E-state index >= 15 is 0 Å². The largest absolute Gasteiger partial charge is 0.382 e. The van der Waals surface area contributed by atoms with Crippen molar-refractivity contribution >= 4 is 17.3 Å². The lowest BCUT2D eigenvalue weighted by Gasteiger charge is -2.34. The maximum atomic E-state index is 7.68. The zero-order chi connectivity index (χ0) is 14.1. The molecule has 3 rings (SSSR count). The highest BCUT2D eigenvalue weighted by Gasteiger charge is 2.26. The molecule has 0 radical (unpaired) electrons. The average molecular weight is 267 g/mol. The predicted molar refractivity (Wildman–Crippen MR) is 79.4 cm³/mol. The topological polar surface area (TPSA) is 78.9 Å². The molecule has 0 amide bonds. The third kappa shape index (κ3) is 2.11. The van der Waals surface area contributed by atoms with Crippen molar-refractivity contribution in [3.05, 3.63) is 47.9 Å². The molecule has 1 aromatic heterocycles. The van der Waals surface area contributed by atoms with E-state index in [1.807, 2.05) is 6.07 Å². The number of aromatic nitrogens is 2. The minimum absolute atomic E-state index is 0.0520. The van der Waals surface area contributed by atoms with E-state index in [1.54, 1.807) is 12.4 Å². The van der Waals surface area contributed by atoms with Gasteiger partial charge in [0.15, 0.2) is 5.82 Å². The van der Waals surface area contributed by atoms with Crippen molar-refractivity contribution in [3.63, 3.8) is 0 Å². The average Bonchev–Trinajstić information content (AvgIpc) is 2.46. The van der Waals surface area contributed by atoms with E-state index in [9.17, 15) is 0 Å². The molecule has 1 unspecified atom stereocenters. The first-order valence-corrected chi connectivity index (χ1v) is 6.67. The van der Waals surface area contributed by atoms with Crippen LogP contribution < -0.4 is 10.6 Å². The Hall–Kier alpha value is -2.43. The van der Waals surface area contributed by atoms with Crippen LogP contribution >= 0.6 is 0 Å². The normalized spacial score (nSPS) is 17.6. The van der Waals surface area contributed by atoms with Crippen molar-refractivity contribution in [1.29, 1.82) is 5.41 Å². The number of fused-ring (bicyclic) bond motifs is 1. The van der Waals surface area contributed by atoms with Gasteiger partial charge in [0.1, 0.15) is 11.5 Å². The monoisotopic (exact) mass is 267 g/mol. The highest BCUT2D eigenvalue weighted by molar-refractivity contribution is 5.98. The van der Waals surface area contributed by atoms with E-state index in [0.29, 0.717) is 17.4 Å². The fraction of sp³-hybridized carbons (Fsp3) is 0.267. The number of rotatable bonds is 2. The van der Waals surface area contributed by atoms with Gasteiger partial charge in [-0.2, -0.15) is 0 Å². The van der Waals surface area contributed by atoms with Gasteiger partial charge in [-0.1, -0.05) is 25.1 Å². The van der Waals surface area contributed by atoms with Crippen LogP contribution in [0.25, 0.3) is 0 Å². The summed E-state index contributed by atoms with van der Waals surface area (Å²) in [5, 5.41) is 7.68. The number of anilines is 2. The van der Waals surface area contributed by atoms with Crippen LogP contribution in [0, 0.1) is 11.3 Å². The van der Waals surface area contributed by atoms with E-state index in [1.165, 1.54) is 5.56 Å². The molecule has 0 aliphatic carbocycles. The minimum Gasteiger partial charge on any atom is -0.382 e. The molecule has 1 atom stereocenters. The molecule has 5 nitrogen and oxygen atoms in total. The van der Waals surface area contributed by atoms with Gasteiger partial charge >= 0.3 is 0 Å². The molecule has 0 spiro atoms. The van der Waals surface area contributed by atoms with Gasteiger partial charge in [0, 0.05) is 24.6 Å². The molecule has 0 saturated heterocycles. The number of para-hydroxylation sites is 1. The summed E-state index contributed by atoms with van der Waals surface area (Å²) >= 11 is 0. The van der Waals surface area contributed by atoms with Crippen LogP contribution in [0.4, 0.5) is 11.5 Å². The number of nitrogens with zero attached hydrogens (tertiary/aromatic N) is 3. The van der Waals surface area contributed by atoms with Gasteiger partial charge in [0.25, 0.3) is 0 Å². The quantitative estimate of drug-likeness (QED) is 0.645. The summed E-state index contributed by atoms with van der Waals surface area (Å²) in [4.78, 5) is 10.7. The first-order valence-electron chi connectivity index (χ1n) is 6.67. The number of nitrogens with two attached hydrogens (primary N) is 1. The van der Waals surface area contributed by atoms with E-state index in [-0.39, 0.29) is 5.84 Å². The molecule has 1 aliphatic rings. The molecular formula is C15H17N5. The van der Waals surface area contributed by atoms with Gasteiger partial charge in [0.05, 0.1) is 0 Å². The zero-order valence-corrected chi connectivity index (χ0v) is 11.4. The van der Waals surface area contributed by atoms with Gasteiger partial charge in [-0.25, -0.2) is 9.97 Å². The second-order valence-electron chi connectivity index (χ2n) is 5.19. The molecule has 1 aliphatic heterocycles. The van der Waals surface area contributed by atoms with Gasteiger partial charge in [0.2, 0.25) is 0 Å². The van der Waals surface area contributed by atoms with Crippen molar-refractivity contribution in [3.8, 4) is 0 Å². The molecule has 1 aromatic carbocycles. The molecular weight excluding hydrogens is 250 g/mol. The van der Waals surface area contributed by atoms with Crippen LogP contribution in [0.15, 0.2) is 36.7 Å². The lowest BCUT2D eigenvalue weighted by molar-refractivity contribution is 0.559. The second-order valence-corrected chi connectivity index (χ2v) is 5.19. The number of nitrogens with one attached hydrogen (secondary N) is 1.